The van der Waals surface area contributed by atoms with Gasteiger partial charge in [0.2, 0.25) is 0 Å². The van der Waals surface area contributed by atoms with Crippen LogP contribution in [0, 0.1) is 6.92 Å². The number of halogens is 2. The first kappa shape index (κ1) is 10.4. The zero-order chi connectivity index (χ0) is 10.8. The minimum atomic E-state index is 0.489. The highest BCUT2D eigenvalue weighted by molar-refractivity contribution is 6.37. The molecule has 2 aromatic rings. The number of rotatable bonds is 2. The van der Waals surface area contributed by atoms with Crippen molar-refractivity contribution in [2.75, 3.05) is 0 Å². The summed E-state index contributed by atoms with van der Waals surface area (Å²) in [5, 5.41) is 1.03. The second-order valence-corrected chi connectivity index (χ2v) is 4.02. The smallest absolute Gasteiger partial charge is 0.164 e. The van der Waals surface area contributed by atoms with Crippen molar-refractivity contribution >= 4 is 23.2 Å². The summed E-state index contributed by atoms with van der Waals surface area (Å²) in [4.78, 5) is 2.89. The maximum absolute atomic E-state index is 6.03. The van der Waals surface area contributed by atoms with Gasteiger partial charge < -0.3 is 9.72 Å². The van der Waals surface area contributed by atoms with E-state index in [0.717, 1.165) is 5.56 Å². The summed E-state index contributed by atoms with van der Waals surface area (Å²) < 4.78 is 5.54. The van der Waals surface area contributed by atoms with Crippen LogP contribution in [0.4, 0.5) is 0 Å². The van der Waals surface area contributed by atoms with Crippen molar-refractivity contribution in [1.29, 1.82) is 0 Å². The number of ether oxygens (including phenoxy) is 1. The van der Waals surface area contributed by atoms with E-state index in [-0.39, 0.29) is 0 Å². The highest BCUT2D eigenvalue weighted by atomic mass is 35.5. The number of benzene rings is 1. The van der Waals surface area contributed by atoms with Crippen LogP contribution in [0.3, 0.4) is 0 Å². The van der Waals surface area contributed by atoms with Crippen LogP contribution in [0.15, 0.2) is 30.6 Å². The maximum atomic E-state index is 6.03. The van der Waals surface area contributed by atoms with Gasteiger partial charge in [-0.25, -0.2) is 0 Å². The lowest BCUT2D eigenvalue weighted by atomic mass is 10.2. The molecule has 0 amide bonds. The van der Waals surface area contributed by atoms with Crippen molar-refractivity contribution < 1.29 is 4.74 Å². The predicted molar refractivity (Wildman–Crippen MR) is 62.1 cm³/mol. The molecule has 78 valence electrons. The van der Waals surface area contributed by atoms with E-state index in [9.17, 15) is 0 Å². The summed E-state index contributed by atoms with van der Waals surface area (Å²) in [6.07, 6.45) is 3.50. The predicted octanol–water partition coefficient (Wildman–Crippen LogP) is 4.42. The van der Waals surface area contributed by atoms with Crippen LogP contribution >= 0.6 is 23.2 Å². The number of aromatic amines is 1. The van der Waals surface area contributed by atoms with Gasteiger partial charge in [0.1, 0.15) is 5.75 Å². The number of nitrogens with one attached hydrogen (secondary N) is 1. The fraction of sp³-hybridized carbons (Fsp3) is 0.0909. The fourth-order valence-corrected chi connectivity index (χ4v) is 1.95. The molecule has 0 aliphatic carbocycles. The van der Waals surface area contributed by atoms with E-state index in [1.54, 1.807) is 18.5 Å². The lowest BCUT2D eigenvalue weighted by Crippen LogP contribution is -1.86. The Bertz CT molecular complexity index is 442. The molecule has 2 rings (SSSR count). The third-order valence-electron chi connectivity index (χ3n) is 1.93. The van der Waals surface area contributed by atoms with Gasteiger partial charge in [-0.1, -0.05) is 23.2 Å². The van der Waals surface area contributed by atoms with E-state index in [1.165, 1.54) is 0 Å². The first-order valence-corrected chi connectivity index (χ1v) is 5.18. The zero-order valence-corrected chi connectivity index (χ0v) is 9.56. The lowest BCUT2D eigenvalue weighted by Gasteiger charge is -2.08. The fourth-order valence-electron chi connectivity index (χ4n) is 1.27. The van der Waals surface area contributed by atoms with E-state index >= 15 is 0 Å². The molecule has 15 heavy (non-hydrogen) atoms. The van der Waals surface area contributed by atoms with Crippen molar-refractivity contribution in [3.05, 3.63) is 46.2 Å². The number of aryl methyl sites for hydroxylation is 1. The van der Waals surface area contributed by atoms with Gasteiger partial charge in [0.05, 0.1) is 10.0 Å². The number of hydrogen-bond donors (Lipinski definition) is 1. The molecule has 0 aliphatic heterocycles. The number of H-pyrrole nitrogens is 1. The Labute approximate surface area is 97.8 Å². The Balaban J connectivity index is 2.36. The monoisotopic (exact) mass is 241 g/mol. The van der Waals surface area contributed by atoms with Gasteiger partial charge in [-0.05, 0) is 30.7 Å². The van der Waals surface area contributed by atoms with Crippen molar-refractivity contribution in [2.24, 2.45) is 0 Å². The molecule has 2 nitrogen and oxygen atoms in total. The first-order chi connectivity index (χ1) is 7.16. The Morgan fingerprint density at radius 1 is 1.20 bits per heavy atom. The van der Waals surface area contributed by atoms with Crippen LogP contribution in [0.25, 0.3) is 0 Å². The summed E-state index contributed by atoms with van der Waals surface area (Å²) in [7, 11) is 0. The van der Waals surface area contributed by atoms with E-state index < -0.39 is 0 Å². The average Bonchev–Trinajstić information content (AvgIpc) is 2.63. The molecule has 0 saturated carbocycles. The second kappa shape index (κ2) is 4.17. The minimum absolute atomic E-state index is 0.489. The molecule has 0 aliphatic rings. The molecule has 1 aromatic heterocycles. The molecule has 0 saturated heterocycles. The van der Waals surface area contributed by atoms with Gasteiger partial charge in [0.25, 0.3) is 0 Å². The van der Waals surface area contributed by atoms with Gasteiger partial charge in [0, 0.05) is 12.4 Å². The largest absolute Gasteiger partial charge is 0.453 e. The van der Waals surface area contributed by atoms with Crippen LogP contribution in [0.5, 0.6) is 11.5 Å². The SMILES string of the molecule is Cc1cc(Cl)c(Oc2cc[nH]c2)c(Cl)c1. The molecular weight excluding hydrogens is 233 g/mol. The molecular formula is C11H9Cl2NO. The Kier molecular flexibility index (Phi) is 2.89. The standard InChI is InChI=1S/C11H9Cl2NO/c1-7-4-9(12)11(10(13)5-7)15-8-2-3-14-6-8/h2-6,14H,1H3. The molecule has 0 spiro atoms. The van der Waals surface area contributed by atoms with Gasteiger partial charge >= 0.3 is 0 Å². The normalized spacial score (nSPS) is 10.3. The Hall–Kier alpha value is -1.12. The number of hydrogen-bond acceptors (Lipinski definition) is 1. The van der Waals surface area contributed by atoms with E-state index in [0.29, 0.717) is 21.5 Å². The molecule has 1 aromatic carbocycles. The molecule has 0 fully saturated rings. The third kappa shape index (κ3) is 2.28. The molecule has 0 unspecified atom stereocenters. The quantitative estimate of drug-likeness (QED) is 0.828. The lowest BCUT2D eigenvalue weighted by molar-refractivity contribution is 0.484. The van der Waals surface area contributed by atoms with Gasteiger partial charge in [-0.2, -0.15) is 0 Å². The van der Waals surface area contributed by atoms with Crippen LogP contribution < -0.4 is 4.74 Å². The highest BCUT2D eigenvalue weighted by Crippen LogP contribution is 2.36. The number of aromatic nitrogens is 1. The Morgan fingerprint density at radius 3 is 2.40 bits per heavy atom. The molecule has 1 heterocycles. The first-order valence-electron chi connectivity index (χ1n) is 4.43. The molecule has 0 bridgehead atoms. The van der Waals surface area contributed by atoms with Crippen LogP contribution in [-0.4, -0.2) is 4.98 Å². The topological polar surface area (TPSA) is 25.0 Å². The van der Waals surface area contributed by atoms with Crippen LogP contribution in [-0.2, 0) is 0 Å². The summed E-state index contributed by atoms with van der Waals surface area (Å²) in [5.41, 5.74) is 1.01. The van der Waals surface area contributed by atoms with Gasteiger partial charge in [-0.3, -0.25) is 0 Å². The minimum Gasteiger partial charge on any atom is -0.453 e. The van der Waals surface area contributed by atoms with Crippen molar-refractivity contribution in [2.45, 2.75) is 6.92 Å². The van der Waals surface area contributed by atoms with E-state index in [2.05, 4.69) is 4.98 Å². The third-order valence-corrected chi connectivity index (χ3v) is 2.49. The van der Waals surface area contributed by atoms with Crippen molar-refractivity contribution in [1.82, 2.24) is 4.98 Å². The Morgan fingerprint density at radius 2 is 1.87 bits per heavy atom. The van der Waals surface area contributed by atoms with Gasteiger partial charge in [0.15, 0.2) is 5.75 Å². The molecule has 0 atom stereocenters. The molecule has 4 heteroatoms. The van der Waals surface area contributed by atoms with Gasteiger partial charge in [-0.15, -0.1) is 0 Å². The van der Waals surface area contributed by atoms with Crippen molar-refractivity contribution in [3.63, 3.8) is 0 Å². The molecule has 0 radical (unpaired) electrons. The summed E-state index contributed by atoms with van der Waals surface area (Å²) >= 11 is 12.1. The highest BCUT2D eigenvalue weighted by Gasteiger charge is 2.09. The average molecular weight is 242 g/mol. The summed E-state index contributed by atoms with van der Waals surface area (Å²) in [5.74, 6) is 1.17. The summed E-state index contributed by atoms with van der Waals surface area (Å²) in [6.45, 7) is 1.93. The van der Waals surface area contributed by atoms with E-state index in [1.807, 2.05) is 19.1 Å². The van der Waals surface area contributed by atoms with Crippen molar-refractivity contribution in [3.8, 4) is 11.5 Å². The van der Waals surface area contributed by atoms with Crippen LogP contribution in [0.1, 0.15) is 5.56 Å². The summed E-state index contributed by atoms with van der Waals surface area (Å²) in [6, 6.07) is 5.43. The van der Waals surface area contributed by atoms with Crippen LogP contribution in [0.2, 0.25) is 10.0 Å². The zero-order valence-electron chi connectivity index (χ0n) is 8.05. The van der Waals surface area contributed by atoms with E-state index in [4.69, 9.17) is 27.9 Å². The maximum Gasteiger partial charge on any atom is 0.164 e. The second-order valence-electron chi connectivity index (χ2n) is 3.21. The molecule has 1 N–H and O–H groups in total.